The van der Waals surface area contributed by atoms with E-state index >= 15 is 0 Å². The quantitative estimate of drug-likeness (QED) is 0.629. The van der Waals surface area contributed by atoms with Crippen LogP contribution in [0.3, 0.4) is 0 Å². The van der Waals surface area contributed by atoms with Crippen LogP contribution in [0.4, 0.5) is 17.5 Å². The van der Waals surface area contributed by atoms with Crippen LogP contribution in [0, 0.1) is 10.1 Å². The maximum atomic E-state index is 11.1. The van der Waals surface area contributed by atoms with Crippen molar-refractivity contribution in [1.82, 2.24) is 9.97 Å². The van der Waals surface area contributed by atoms with Gasteiger partial charge in [-0.3, -0.25) is 10.1 Å². The highest BCUT2D eigenvalue weighted by atomic mass is 16.6. The van der Waals surface area contributed by atoms with Gasteiger partial charge >= 0.3 is 0 Å². The van der Waals surface area contributed by atoms with E-state index in [1.165, 1.54) is 6.07 Å². The van der Waals surface area contributed by atoms with Gasteiger partial charge in [0.05, 0.1) is 21.7 Å². The minimum Gasteiger partial charge on any atom is -0.412 e. The SMILES string of the molecule is CCc1nc(N)nc(N)c1-c1ccccc1[N+](=O)[O-].O. The molecule has 1 heterocycles. The second-order valence-electron chi connectivity index (χ2n) is 3.92. The Morgan fingerprint density at radius 3 is 2.50 bits per heavy atom. The summed E-state index contributed by atoms with van der Waals surface area (Å²) in [6.07, 6.45) is 0.554. The lowest BCUT2D eigenvalue weighted by Crippen LogP contribution is -2.07. The molecule has 20 heavy (non-hydrogen) atoms. The molecule has 0 aliphatic carbocycles. The zero-order valence-corrected chi connectivity index (χ0v) is 10.8. The van der Waals surface area contributed by atoms with Gasteiger partial charge in [-0.1, -0.05) is 19.1 Å². The molecule has 1 aromatic carbocycles. The van der Waals surface area contributed by atoms with E-state index in [1.807, 2.05) is 6.92 Å². The fraction of sp³-hybridized carbons (Fsp3) is 0.167. The summed E-state index contributed by atoms with van der Waals surface area (Å²) in [4.78, 5) is 18.6. The van der Waals surface area contributed by atoms with Crippen LogP contribution in [0.15, 0.2) is 24.3 Å². The first-order chi connectivity index (χ1) is 9.04. The number of anilines is 2. The molecule has 0 spiro atoms. The normalized spacial score (nSPS) is 9.85. The predicted octanol–water partition coefficient (Wildman–Crippen LogP) is 0.954. The molecule has 6 N–H and O–H groups in total. The number of hydrogen-bond donors (Lipinski definition) is 2. The fourth-order valence-electron chi connectivity index (χ4n) is 1.94. The summed E-state index contributed by atoms with van der Waals surface area (Å²) < 4.78 is 0. The van der Waals surface area contributed by atoms with E-state index in [1.54, 1.807) is 18.2 Å². The number of rotatable bonds is 3. The minimum absolute atomic E-state index is 0. The molecule has 0 aliphatic rings. The van der Waals surface area contributed by atoms with E-state index in [-0.39, 0.29) is 22.9 Å². The lowest BCUT2D eigenvalue weighted by molar-refractivity contribution is -0.384. The molecule has 0 radical (unpaired) electrons. The Hall–Kier alpha value is -2.74. The standard InChI is InChI=1S/C12H13N5O2.H2O/c1-2-8-10(11(13)16-12(14)15-8)7-5-3-4-6-9(7)17(18)19;/h3-6H,2H2,1H3,(H4,13,14,15,16);1H2. The number of nitrogens with two attached hydrogens (primary N) is 2. The smallest absolute Gasteiger partial charge is 0.277 e. The largest absolute Gasteiger partial charge is 0.412 e. The lowest BCUT2D eigenvalue weighted by Gasteiger charge is -2.10. The first kappa shape index (κ1) is 15.3. The molecule has 8 heteroatoms. The molecule has 0 fully saturated rings. The Kier molecular flexibility index (Phi) is 4.54. The van der Waals surface area contributed by atoms with Gasteiger partial charge in [0.15, 0.2) is 0 Å². The van der Waals surface area contributed by atoms with Crippen molar-refractivity contribution in [1.29, 1.82) is 0 Å². The molecule has 2 aromatic rings. The van der Waals surface area contributed by atoms with Crippen molar-refractivity contribution >= 4 is 17.5 Å². The highest BCUT2D eigenvalue weighted by Gasteiger charge is 2.20. The first-order valence-corrected chi connectivity index (χ1v) is 5.70. The summed E-state index contributed by atoms with van der Waals surface area (Å²) in [5, 5.41) is 11.1. The summed E-state index contributed by atoms with van der Waals surface area (Å²) in [5.41, 5.74) is 12.8. The minimum atomic E-state index is -0.454. The molecule has 0 atom stereocenters. The number of nitro groups is 1. The molecule has 0 amide bonds. The number of nitro benzene ring substituents is 1. The van der Waals surface area contributed by atoms with E-state index in [4.69, 9.17) is 11.5 Å². The van der Waals surface area contributed by atoms with Crippen LogP contribution in [-0.4, -0.2) is 20.4 Å². The van der Waals surface area contributed by atoms with Gasteiger partial charge < -0.3 is 16.9 Å². The molecule has 2 rings (SSSR count). The molecule has 8 nitrogen and oxygen atoms in total. The third-order valence-electron chi connectivity index (χ3n) is 2.73. The fourth-order valence-corrected chi connectivity index (χ4v) is 1.94. The van der Waals surface area contributed by atoms with E-state index < -0.39 is 4.92 Å². The van der Waals surface area contributed by atoms with Crippen LogP contribution < -0.4 is 11.5 Å². The van der Waals surface area contributed by atoms with Gasteiger partial charge in [0.2, 0.25) is 5.95 Å². The molecular formula is C12H15N5O3. The van der Waals surface area contributed by atoms with Crippen LogP contribution in [0.25, 0.3) is 11.1 Å². The van der Waals surface area contributed by atoms with Gasteiger partial charge in [-0.25, -0.2) is 4.98 Å². The van der Waals surface area contributed by atoms with Crippen molar-refractivity contribution in [3.63, 3.8) is 0 Å². The summed E-state index contributed by atoms with van der Waals surface area (Å²) >= 11 is 0. The van der Waals surface area contributed by atoms with Gasteiger partial charge in [0.25, 0.3) is 5.69 Å². The number of para-hydroxylation sites is 1. The number of nitrogen functional groups attached to an aromatic ring is 2. The summed E-state index contributed by atoms with van der Waals surface area (Å²) in [6.45, 7) is 1.87. The van der Waals surface area contributed by atoms with Crippen molar-refractivity contribution in [3.05, 3.63) is 40.1 Å². The van der Waals surface area contributed by atoms with Gasteiger partial charge in [0.1, 0.15) is 5.82 Å². The summed E-state index contributed by atoms with van der Waals surface area (Å²) in [5.74, 6) is 0.218. The Morgan fingerprint density at radius 2 is 1.90 bits per heavy atom. The summed E-state index contributed by atoms with van der Waals surface area (Å²) in [6, 6.07) is 6.35. The van der Waals surface area contributed by atoms with E-state index in [0.717, 1.165) is 0 Å². The second kappa shape index (κ2) is 5.93. The third-order valence-corrected chi connectivity index (χ3v) is 2.73. The zero-order valence-electron chi connectivity index (χ0n) is 10.8. The van der Waals surface area contributed by atoms with Gasteiger partial charge in [0, 0.05) is 6.07 Å². The molecule has 0 unspecified atom stereocenters. The van der Waals surface area contributed by atoms with Crippen molar-refractivity contribution in [2.45, 2.75) is 13.3 Å². The topological polar surface area (TPSA) is 152 Å². The Bertz CT molecular complexity index is 645. The maximum Gasteiger partial charge on any atom is 0.277 e. The molecule has 106 valence electrons. The molecular weight excluding hydrogens is 262 g/mol. The second-order valence-corrected chi connectivity index (χ2v) is 3.92. The number of nitrogens with zero attached hydrogens (tertiary/aromatic N) is 3. The highest BCUT2D eigenvalue weighted by molar-refractivity contribution is 5.82. The van der Waals surface area contributed by atoms with Crippen molar-refractivity contribution in [2.75, 3.05) is 11.5 Å². The molecule has 0 saturated carbocycles. The molecule has 1 aromatic heterocycles. The van der Waals surface area contributed by atoms with E-state index in [2.05, 4.69) is 9.97 Å². The zero-order chi connectivity index (χ0) is 14.0. The number of aryl methyl sites for hydroxylation is 1. The van der Waals surface area contributed by atoms with Crippen molar-refractivity contribution in [2.24, 2.45) is 0 Å². The number of hydrogen-bond acceptors (Lipinski definition) is 6. The van der Waals surface area contributed by atoms with E-state index in [0.29, 0.717) is 23.2 Å². The van der Waals surface area contributed by atoms with Crippen LogP contribution in [0.5, 0.6) is 0 Å². The maximum absolute atomic E-state index is 11.1. The highest BCUT2D eigenvalue weighted by Crippen LogP contribution is 2.35. The Balaban J connectivity index is 0.00000200. The monoisotopic (exact) mass is 277 g/mol. The number of benzene rings is 1. The van der Waals surface area contributed by atoms with Crippen molar-refractivity contribution in [3.8, 4) is 11.1 Å². The van der Waals surface area contributed by atoms with E-state index in [9.17, 15) is 10.1 Å². The van der Waals surface area contributed by atoms with Gasteiger partial charge in [-0.15, -0.1) is 0 Å². The van der Waals surface area contributed by atoms with Crippen LogP contribution in [-0.2, 0) is 6.42 Å². The predicted molar refractivity (Wildman–Crippen MR) is 75.9 cm³/mol. The van der Waals surface area contributed by atoms with Crippen LogP contribution in [0.1, 0.15) is 12.6 Å². The average molecular weight is 277 g/mol. The summed E-state index contributed by atoms with van der Waals surface area (Å²) in [7, 11) is 0. The van der Waals surface area contributed by atoms with Gasteiger partial charge in [-0.2, -0.15) is 4.98 Å². The molecule has 0 bridgehead atoms. The van der Waals surface area contributed by atoms with Crippen LogP contribution in [0.2, 0.25) is 0 Å². The van der Waals surface area contributed by atoms with Crippen LogP contribution >= 0.6 is 0 Å². The first-order valence-electron chi connectivity index (χ1n) is 5.70. The Labute approximate surface area is 114 Å². The molecule has 0 aliphatic heterocycles. The average Bonchev–Trinajstić information content (AvgIpc) is 2.37. The number of aromatic nitrogens is 2. The van der Waals surface area contributed by atoms with Gasteiger partial charge in [-0.05, 0) is 12.5 Å². The third kappa shape index (κ3) is 2.64. The van der Waals surface area contributed by atoms with Crippen molar-refractivity contribution < 1.29 is 10.4 Å². The molecule has 0 saturated heterocycles. The lowest BCUT2D eigenvalue weighted by atomic mass is 10.0. The Morgan fingerprint density at radius 1 is 1.25 bits per heavy atom.